The second-order valence-electron chi connectivity index (χ2n) is 10.8. The highest BCUT2D eigenvalue weighted by Gasteiger charge is 2.35. The maximum Gasteiger partial charge on any atom is 0.264 e. The summed E-state index contributed by atoms with van der Waals surface area (Å²) in [4.78, 5) is 24.4. The summed E-state index contributed by atoms with van der Waals surface area (Å²) in [5.41, 5.74) is 4.43. The molecule has 0 radical (unpaired) electrons. The highest BCUT2D eigenvalue weighted by Crippen LogP contribution is 2.38. The normalized spacial score (nSPS) is 15.6. The number of aryl methyl sites for hydroxylation is 1. The molecule has 0 spiro atoms. The number of halogens is 3. The zero-order valence-corrected chi connectivity index (χ0v) is 24.2. The van der Waals surface area contributed by atoms with E-state index in [4.69, 9.17) is 5.10 Å². The molecule has 2 aromatic carbocycles. The number of anilines is 1. The Balaban J connectivity index is 1.45. The molecule has 0 aliphatic carbocycles. The monoisotopic (exact) mass is 593 g/mol. The summed E-state index contributed by atoms with van der Waals surface area (Å²) >= 11 is 1.25. The van der Waals surface area contributed by atoms with Gasteiger partial charge in [0.1, 0.15) is 6.17 Å². The van der Waals surface area contributed by atoms with E-state index in [1.807, 2.05) is 45.3 Å². The predicted molar refractivity (Wildman–Crippen MR) is 157 cm³/mol. The molecule has 0 saturated carbocycles. The zero-order chi connectivity index (χ0) is 29.5. The largest absolute Gasteiger partial charge is 0.331 e. The number of likely N-dealkylation sites (N-methyl/N-ethyl adjacent to an activating group) is 1. The van der Waals surface area contributed by atoms with Crippen LogP contribution in [0.4, 0.5) is 18.3 Å². The van der Waals surface area contributed by atoms with Crippen LogP contribution in [0.3, 0.4) is 0 Å². The minimum Gasteiger partial charge on any atom is -0.331 e. The van der Waals surface area contributed by atoms with E-state index >= 15 is 0 Å². The fourth-order valence-electron chi connectivity index (χ4n) is 5.51. The Bertz CT molecular complexity index is 1730. The molecule has 1 unspecified atom stereocenters. The number of hydrogen-bond acceptors (Lipinski definition) is 6. The lowest BCUT2D eigenvalue weighted by Gasteiger charge is -2.16. The minimum atomic E-state index is -2.77. The van der Waals surface area contributed by atoms with Crippen molar-refractivity contribution >= 4 is 33.3 Å². The summed E-state index contributed by atoms with van der Waals surface area (Å²) in [6.07, 6.45) is 1.66. The molecular weight excluding hydrogens is 563 g/mol. The molecule has 0 bridgehead atoms. The van der Waals surface area contributed by atoms with Gasteiger partial charge in [-0.05, 0) is 55.8 Å². The molecule has 1 N–H and O–H groups in total. The van der Waals surface area contributed by atoms with Crippen molar-refractivity contribution < 1.29 is 18.0 Å². The number of amides is 1. The predicted octanol–water partition coefficient (Wildman–Crippen LogP) is 5.83. The fourth-order valence-corrected chi connectivity index (χ4v) is 6.04. The van der Waals surface area contributed by atoms with Crippen molar-refractivity contribution in [2.75, 3.05) is 26.0 Å². The van der Waals surface area contributed by atoms with Gasteiger partial charge in [-0.1, -0.05) is 24.3 Å². The fraction of sp³-hybridized carbons (Fsp3) is 0.333. The van der Waals surface area contributed by atoms with E-state index in [2.05, 4.69) is 20.2 Å². The Kier molecular flexibility index (Phi) is 7.58. The van der Waals surface area contributed by atoms with Crippen LogP contribution in [0.25, 0.3) is 22.0 Å². The molecule has 6 rings (SSSR count). The number of imidazole rings is 1. The van der Waals surface area contributed by atoms with Gasteiger partial charge in [0, 0.05) is 47.4 Å². The first-order valence-corrected chi connectivity index (χ1v) is 14.5. The van der Waals surface area contributed by atoms with E-state index in [1.54, 1.807) is 16.1 Å². The van der Waals surface area contributed by atoms with Crippen molar-refractivity contribution in [3.63, 3.8) is 0 Å². The first kappa shape index (κ1) is 28.1. The van der Waals surface area contributed by atoms with Gasteiger partial charge >= 0.3 is 0 Å². The Morgan fingerprint density at radius 1 is 1.21 bits per heavy atom. The molecule has 0 fully saturated rings. The van der Waals surface area contributed by atoms with Gasteiger partial charge < -0.3 is 9.47 Å². The lowest BCUT2D eigenvalue weighted by atomic mass is 9.94. The maximum atomic E-state index is 14.5. The summed E-state index contributed by atoms with van der Waals surface area (Å²) in [5.74, 6) is -0.494. The van der Waals surface area contributed by atoms with Crippen LogP contribution in [-0.2, 0) is 24.2 Å². The van der Waals surface area contributed by atoms with Gasteiger partial charge in [-0.15, -0.1) is 11.3 Å². The number of aromatic nitrogens is 5. The van der Waals surface area contributed by atoms with E-state index in [9.17, 15) is 18.0 Å². The third kappa shape index (κ3) is 5.32. The summed E-state index contributed by atoms with van der Waals surface area (Å²) in [6, 6.07) is 8.30. The number of thiazole rings is 1. The van der Waals surface area contributed by atoms with Crippen molar-refractivity contribution in [3.8, 4) is 11.1 Å². The minimum absolute atomic E-state index is 0.104. The van der Waals surface area contributed by atoms with Crippen LogP contribution in [0.5, 0.6) is 0 Å². The van der Waals surface area contributed by atoms with Gasteiger partial charge in [-0.3, -0.25) is 14.8 Å². The maximum absolute atomic E-state index is 14.5. The van der Waals surface area contributed by atoms with Gasteiger partial charge in [-0.25, -0.2) is 23.1 Å². The topological polar surface area (TPSA) is 80.9 Å². The molecule has 4 heterocycles. The standard InChI is InChI=1S/C30H30F3N7OS/c1-17-21(19-6-4-18(5-7-19)8-10-38(2)3)13-22(28(32)33)23-15-40(37-25(17)23)27(29(41)36-30-34-9-11-42-30)26-24-12-20(31)14-39(24)16-35-26/h4-7,9,11,13,15-16,20,27-28H,8,10,12,14H2,1-3H3,(H,34,36,41)/t20-,27?/m1/s1. The van der Waals surface area contributed by atoms with Crippen LogP contribution >= 0.6 is 11.3 Å². The molecular formula is C30H30F3N7OS. The van der Waals surface area contributed by atoms with E-state index in [1.165, 1.54) is 34.6 Å². The van der Waals surface area contributed by atoms with E-state index in [0.717, 1.165) is 24.1 Å². The lowest BCUT2D eigenvalue weighted by Crippen LogP contribution is -2.28. The highest BCUT2D eigenvalue weighted by atomic mass is 32.1. The second-order valence-corrected chi connectivity index (χ2v) is 11.7. The molecule has 3 aromatic heterocycles. The smallest absolute Gasteiger partial charge is 0.264 e. The molecule has 5 aromatic rings. The summed E-state index contributed by atoms with van der Waals surface area (Å²) in [7, 11) is 4.03. The number of carbonyl (C=O) groups is 1. The SMILES string of the molecule is Cc1c(-c2ccc(CCN(C)C)cc2)cc(C(F)F)c2cn(C(C(=O)Nc3nccs3)c3ncn4c3C[C@@H](F)C4)nc12. The third-order valence-electron chi connectivity index (χ3n) is 7.67. The van der Waals surface area contributed by atoms with Crippen molar-refractivity contribution in [2.24, 2.45) is 0 Å². The molecule has 1 aliphatic rings. The lowest BCUT2D eigenvalue weighted by molar-refractivity contribution is -0.118. The van der Waals surface area contributed by atoms with Crippen LogP contribution in [0.1, 0.15) is 40.5 Å². The number of benzene rings is 2. The Hall–Kier alpha value is -4.03. The molecule has 12 heteroatoms. The van der Waals surface area contributed by atoms with E-state index < -0.39 is 24.5 Å². The summed E-state index contributed by atoms with van der Waals surface area (Å²) in [6.45, 7) is 2.90. The van der Waals surface area contributed by atoms with E-state index in [0.29, 0.717) is 33.2 Å². The van der Waals surface area contributed by atoms with Crippen LogP contribution in [0, 0.1) is 6.92 Å². The molecule has 42 heavy (non-hydrogen) atoms. The Labute approximate surface area is 244 Å². The van der Waals surface area contributed by atoms with Crippen LogP contribution in [0.15, 0.2) is 54.4 Å². The summed E-state index contributed by atoms with van der Waals surface area (Å²) in [5, 5.41) is 9.85. The number of carbonyl (C=O) groups excluding carboxylic acids is 1. The number of nitrogens with zero attached hydrogens (tertiary/aromatic N) is 6. The number of rotatable bonds is 9. The van der Waals surface area contributed by atoms with Gasteiger partial charge in [0.15, 0.2) is 11.2 Å². The van der Waals surface area contributed by atoms with Crippen molar-refractivity contribution in [1.29, 1.82) is 0 Å². The molecule has 0 saturated heterocycles. The van der Waals surface area contributed by atoms with Crippen molar-refractivity contribution in [2.45, 2.75) is 44.9 Å². The number of hydrogen-bond donors (Lipinski definition) is 1. The summed E-state index contributed by atoms with van der Waals surface area (Å²) < 4.78 is 46.4. The van der Waals surface area contributed by atoms with Gasteiger partial charge in [0.2, 0.25) is 0 Å². The zero-order valence-electron chi connectivity index (χ0n) is 23.4. The molecule has 1 aliphatic heterocycles. The van der Waals surface area contributed by atoms with Gasteiger partial charge in [-0.2, -0.15) is 5.10 Å². The quantitative estimate of drug-likeness (QED) is 0.233. The van der Waals surface area contributed by atoms with Crippen LogP contribution < -0.4 is 5.32 Å². The first-order valence-electron chi connectivity index (χ1n) is 13.6. The van der Waals surface area contributed by atoms with E-state index in [-0.39, 0.29) is 23.9 Å². The average molecular weight is 594 g/mol. The molecule has 8 nitrogen and oxygen atoms in total. The van der Waals surface area contributed by atoms with Crippen molar-refractivity contribution in [3.05, 3.63) is 82.5 Å². The molecule has 2 atom stereocenters. The van der Waals surface area contributed by atoms with Gasteiger partial charge in [0.25, 0.3) is 12.3 Å². The Morgan fingerprint density at radius 2 is 2.00 bits per heavy atom. The Morgan fingerprint density at radius 3 is 2.69 bits per heavy atom. The van der Waals surface area contributed by atoms with Crippen molar-refractivity contribution in [1.82, 2.24) is 29.2 Å². The third-order valence-corrected chi connectivity index (χ3v) is 8.36. The molecule has 1 amide bonds. The average Bonchev–Trinajstić information content (AvgIpc) is 3.75. The van der Waals surface area contributed by atoms with Crippen LogP contribution in [-0.4, -0.2) is 61.9 Å². The van der Waals surface area contributed by atoms with Crippen LogP contribution in [0.2, 0.25) is 0 Å². The highest BCUT2D eigenvalue weighted by molar-refractivity contribution is 7.13. The second kappa shape index (κ2) is 11.3. The number of fused-ring (bicyclic) bond motifs is 2. The number of nitrogens with one attached hydrogen (secondary N) is 1. The van der Waals surface area contributed by atoms with Gasteiger partial charge in [0.05, 0.1) is 24.1 Å². The molecule has 218 valence electrons. The first-order chi connectivity index (χ1) is 20.2. The number of alkyl halides is 3.